The Kier molecular flexibility index (Phi) is 21.9. The van der Waals surface area contributed by atoms with E-state index in [2.05, 4.69) is 62.6 Å². The smallest absolute Gasteiger partial charge is 0.143 e. The number of carbonyl (C=O) groups is 1. The lowest BCUT2D eigenvalue weighted by atomic mass is 9.68. The first-order valence-corrected chi connectivity index (χ1v) is 19.9. The van der Waals surface area contributed by atoms with Crippen molar-refractivity contribution in [3.8, 4) is 0 Å². The quantitative estimate of drug-likeness (QED) is 0.230. The van der Waals surface area contributed by atoms with E-state index in [9.17, 15) is 4.79 Å². The molecule has 5 rings (SSSR count). The number of aromatic nitrogens is 1. The summed E-state index contributed by atoms with van der Waals surface area (Å²) in [5.74, 6) is 1.47. The van der Waals surface area contributed by atoms with Gasteiger partial charge in [0, 0.05) is 45.0 Å². The van der Waals surface area contributed by atoms with Crippen LogP contribution in [0.2, 0.25) is 0 Å². The van der Waals surface area contributed by atoms with Gasteiger partial charge in [-0.1, -0.05) is 92.5 Å². The molecule has 1 unspecified atom stereocenters. The SMILES string of the molecule is CC.CC.CC.CC1(C)CCCC1OCCCCc1ccc2c(n1)NCCC2.CCC(=O)C1(c2cc(C)cc(CNC)c2C)CCOCC1. The maximum atomic E-state index is 12.8. The molecule has 1 aromatic heterocycles. The topological polar surface area (TPSA) is 72.5 Å². The number of nitrogens with one attached hydrogen (secondary N) is 2. The van der Waals surface area contributed by atoms with Gasteiger partial charge in [-0.2, -0.15) is 0 Å². The largest absolute Gasteiger partial charge is 0.381 e. The van der Waals surface area contributed by atoms with Crippen LogP contribution in [0.4, 0.5) is 5.82 Å². The van der Waals surface area contributed by atoms with E-state index in [0.717, 1.165) is 51.2 Å². The molecule has 1 saturated heterocycles. The van der Waals surface area contributed by atoms with Gasteiger partial charge in [-0.15, -0.1) is 0 Å². The van der Waals surface area contributed by atoms with Gasteiger partial charge < -0.3 is 20.1 Å². The van der Waals surface area contributed by atoms with Crippen LogP contribution in [0.3, 0.4) is 0 Å². The van der Waals surface area contributed by atoms with Crippen LogP contribution in [0.15, 0.2) is 24.3 Å². The second-order valence-corrected chi connectivity index (χ2v) is 13.6. The van der Waals surface area contributed by atoms with E-state index in [1.807, 2.05) is 55.5 Å². The summed E-state index contributed by atoms with van der Waals surface area (Å²) in [4.78, 5) is 17.5. The Balaban J connectivity index is 0.000000426. The van der Waals surface area contributed by atoms with Crippen molar-refractivity contribution < 1.29 is 14.3 Å². The van der Waals surface area contributed by atoms with Crippen molar-refractivity contribution in [2.75, 3.05) is 38.7 Å². The Hall–Kier alpha value is -2.28. The zero-order valence-electron chi connectivity index (χ0n) is 33.9. The summed E-state index contributed by atoms with van der Waals surface area (Å²) in [6.45, 7) is 27.1. The molecule has 0 bridgehead atoms. The van der Waals surface area contributed by atoms with Gasteiger partial charge in [-0.3, -0.25) is 4.79 Å². The molecule has 2 aliphatic heterocycles. The zero-order valence-corrected chi connectivity index (χ0v) is 33.9. The molecule has 2 N–H and O–H groups in total. The van der Waals surface area contributed by atoms with Crippen molar-refractivity contribution in [2.24, 2.45) is 5.41 Å². The second-order valence-electron chi connectivity index (χ2n) is 13.6. The average Bonchev–Trinajstić information content (AvgIpc) is 3.49. The second kappa shape index (κ2) is 24.0. The van der Waals surface area contributed by atoms with Crippen molar-refractivity contribution in [3.63, 3.8) is 0 Å². The van der Waals surface area contributed by atoms with Crippen LogP contribution in [-0.2, 0) is 39.1 Å². The van der Waals surface area contributed by atoms with Crippen LogP contribution in [0, 0.1) is 19.3 Å². The number of ketones is 1. The summed E-state index contributed by atoms with van der Waals surface area (Å²) >= 11 is 0. The fourth-order valence-electron chi connectivity index (χ4n) is 7.31. The lowest BCUT2D eigenvalue weighted by Crippen LogP contribution is -2.42. The van der Waals surface area contributed by atoms with Gasteiger partial charge in [0.25, 0.3) is 0 Å². The molecule has 6 nitrogen and oxygen atoms in total. The maximum absolute atomic E-state index is 12.8. The fraction of sp³-hybridized carbons (Fsp3) is 0.721. The Morgan fingerprint density at radius 3 is 2.31 bits per heavy atom. The number of hydrogen-bond donors (Lipinski definition) is 2. The maximum Gasteiger partial charge on any atom is 0.143 e. The van der Waals surface area contributed by atoms with E-state index in [4.69, 9.17) is 14.5 Å². The third-order valence-corrected chi connectivity index (χ3v) is 10.0. The van der Waals surface area contributed by atoms with Gasteiger partial charge in [-0.25, -0.2) is 4.98 Å². The molecule has 1 saturated carbocycles. The molecule has 0 spiro atoms. The van der Waals surface area contributed by atoms with Gasteiger partial charge in [0.15, 0.2) is 0 Å². The molecule has 1 aliphatic carbocycles. The highest BCUT2D eigenvalue weighted by Gasteiger charge is 2.41. The van der Waals surface area contributed by atoms with E-state index in [1.165, 1.54) is 72.0 Å². The number of hydrogen-bond acceptors (Lipinski definition) is 6. The van der Waals surface area contributed by atoms with Gasteiger partial charge in [0.2, 0.25) is 0 Å². The Morgan fingerprint density at radius 2 is 1.69 bits per heavy atom. The monoisotopic (exact) mass is 682 g/mol. The number of pyridine rings is 1. The Bertz CT molecular complexity index is 1200. The lowest BCUT2D eigenvalue weighted by molar-refractivity contribution is -0.128. The first kappa shape index (κ1) is 44.7. The molecule has 280 valence electrons. The number of rotatable bonds is 11. The number of ether oxygens (including phenoxy) is 2. The molecular formula is C43H75N3O3. The summed E-state index contributed by atoms with van der Waals surface area (Å²) in [5, 5.41) is 6.64. The highest BCUT2D eigenvalue weighted by Crippen LogP contribution is 2.40. The average molecular weight is 682 g/mol. The summed E-state index contributed by atoms with van der Waals surface area (Å²) in [5.41, 5.74) is 7.65. The van der Waals surface area contributed by atoms with Gasteiger partial charge in [-0.05, 0) is 112 Å². The van der Waals surface area contributed by atoms with Crippen molar-refractivity contribution in [2.45, 2.75) is 165 Å². The standard InChI is InChI=1S/C19H30N2O.C18H27NO2.3C2H6/c1-19(2)12-5-9-17(19)22-14-4-3-8-16-11-10-15-7-6-13-20-18(15)21-16;1-5-17(20)18(6-8-21-9-7-18)16-11-13(2)10-15(12-19-4)14(16)3;3*1-2/h10-11,17H,3-9,12-14H2,1-2H3,(H,20,21);10-11,19H,5-9,12H2,1-4H3;3*1-2H3. The number of anilines is 1. The fourth-order valence-corrected chi connectivity index (χ4v) is 7.31. The van der Waals surface area contributed by atoms with Crippen LogP contribution in [0.5, 0.6) is 0 Å². The number of unbranched alkanes of at least 4 members (excludes halogenated alkanes) is 1. The Morgan fingerprint density at radius 1 is 1.00 bits per heavy atom. The highest BCUT2D eigenvalue weighted by atomic mass is 16.5. The van der Waals surface area contributed by atoms with E-state index in [0.29, 0.717) is 36.9 Å². The number of carbonyl (C=O) groups excluding carboxylic acids is 1. The first-order valence-electron chi connectivity index (χ1n) is 19.9. The molecule has 1 aromatic carbocycles. The van der Waals surface area contributed by atoms with Crippen LogP contribution in [-0.4, -0.2) is 50.3 Å². The first-order chi connectivity index (χ1) is 23.7. The molecule has 6 heteroatoms. The minimum atomic E-state index is -0.342. The molecule has 3 aliphatic rings. The third-order valence-electron chi connectivity index (χ3n) is 10.0. The number of nitrogens with zero attached hydrogens (tertiary/aromatic N) is 1. The normalized spacial score (nSPS) is 18.3. The van der Waals surface area contributed by atoms with Gasteiger partial charge in [0.1, 0.15) is 11.6 Å². The van der Waals surface area contributed by atoms with Crippen molar-refractivity contribution in [3.05, 3.63) is 57.8 Å². The van der Waals surface area contributed by atoms with Crippen LogP contribution >= 0.6 is 0 Å². The minimum absolute atomic E-state index is 0.342. The predicted octanol–water partition coefficient (Wildman–Crippen LogP) is 10.5. The highest BCUT2D eigenvalue weighted by molar-refractivity contribution is 5.90. The predicted molar refractivity (Wildman–Crippen MR) is 211 cm³/mol. The molecule has 2 fully saturated rings. The molecule has 3 heterocycles. The number of aryl methyl sites for hydroxylation is 3. The summed E-state index contributed by atoms with van der Waals surface area (Å²) < 4.78 is 11.6. The van der Waals surface area contributed by atoms with Crippen LogP contribution in [0.1, 0.15) is 154 Å². The van der Waals surface area contributed by atoms with Crippen molar-refractivity contribution in [1.82, 2.24) is 10.3 Å². The number of fused-ring (bicyclic) bond motifs is 1. The Labute approximate surface area is 302 Å². The molecule has 2 aromatic rings. The molecule has 0 amide bonds. The lowest BCUT2D eigenvalue weighted by Gasteiger charge is -2.38. The number of benzene rings is 1. The van der Waals surface area contributed by atoms with Crippen LogP contribution in [0.25, 0.3) is 0 Å². The van der Waals surface area contributed by atoms with Crippen molar-refractivity contribution >= 4 is 11.6 Å². The molecular weight excluding hydrogens is 606 g/mol. The van der Waals surface area contributed by atoms with Crippen molar-refractivity contribution in [1.29, 1.82) is 0 Å². The molecule has 49 heavy (non-hydrogen) atoms. The van der Waals surface area contributed by atoms with Crippen LogP contribution < -0.4 is 10.6 Å². The van der Waals surface area contributed by atoms with Gasteiger partial charge >= 0.3 is 0 Å². The van der Waals surface area contributed by atoms with E-state index < -0.39 is 0 Å². The third kappa shape index (κ3) is 13.1. The zero-order chi connectivity index (χ0) is 36.9. The minimum Gasteiger partial charge on any atom is -0.381 e. The number of Topliss-reactive ketones (excluding diaryl/α,β-unsaturated/α-hetero) is 1. The molecule has 0 radical (unpaired) electrons. The summed E-state index contributed by atoms with van der Waals surface area (Å²) in [7, 11) is 1.96. The summed E-state index contributed by atoms with van der Waals surface area (Å²) in [6, 6.07) is 8.89. The van der Waals surface area contributed by atoms with E-state index in [1.54, 1.807) is 0 Å². The molecule has 1 atom stereocenters. The van der Waals surface area contributed by atoms with E-state index in [-0.39, 0.29) is 5.41 Å². The van der Waals surface area contributed by atoms with Gasteiger partial charge in [0.05, 0.1) is 11.5 Å². The summed E-state index contributed by atoms with van der Waals surface area (Å²) in [6.07, 6.45) is 12.3. The van der Waals surface area contributed by atoms with E-state index >= 15 is 0 Å².